The highest BCUT2D eigenvalue weighted by Crippen LogP contribution is 2.31. The predicted octanol–water partition coefficient (Wildman–Crippen LogP) is 6.10. The fourth-order valence-electron chi connectivity index (χ4n) is 3.65. The fraction of sp³-hybridized carbons (Fsp3) is 0.667. The summed E-state index contributed by atoms with van der Waals surface area (Å²) in [4.78, 5) is 49.1. The van der Waals surface area contributed by atoms with Crippen LogP contribution < -0.4 is 15.2 Å². The van der Waals surface area contributed by atoms with Crippen LogP contribution in [0.1, 0.15) is 84.6 Å². The van der Waals surface area contributed by atoms with E-state index in [1.165, 1.54) is 19.2 Å². The zero-order chi connectivity index (χ0) is 31.4. The molecule has 2 N–H and O–H groups in total. The minimum absolute atomic E-state index is 0.0853. The molecule has 0 aliphatic heterocycles. The summed E-state index contributed by atoms with van der Waals surface area (Å²) < 4.78 is 35.8. The second kappa shape index (κ2) is 20.4. The summed E-state index contributed by atoms with van der Waals surface area (Å²) >= 11 is 0. The molecule has 1 atom stereocenters. The van der Waals surface area contributed by atoms with Gasteiger partial charge in [0.25, 0.3) is 0 Å². The highest BCUT2D eigenvalue weighted by atomic mass is 16.7. The molecule has 1 aromatic carbocycles. The van der Waals surface area contributed by atoms with Gasteiger partial charge in [-0.25, -0.2) is 14.4 Å². The average molecular weight is 598 g/mol. The zero-order valence-electron chi connectivity index (χ0n) is 25.6. The van der Waals surface area contributed by atoms with Crippen molar-refractivity contribution in [2.75, 3.05) is 33.5 Å². The third-order valence-corrected chi connectivity index (χ3v) is 6.13. The van der Waals surface area contributed by atoms with Gasteiger partial charge in [0.15, 0.2) is 11.5 Å². The molecule has 0 spiro atoms. The average Bonchev–Trinajstić information content (AvgIpc) is 2.94. The van der Waals surface area contributed by atoms with Crippen LogP contribution in [0.5, 0.6) is 11.5 Å². The number of rotatable bonds is 19. The van der Waals surface area contributed by atoms with E-state index in [9.17, 15) is 19.2 Å². The number of carbonyl (C=O) groups is 4. The Hall–Kier alpha value is -3.54. The molecule has 0 heterocycles. The minimum Gasteiger partial charge on any atom is -0.468 e. The molecule has 0 saturated heterocycles. The van der Waals surface area contributed by atoms with Crippen molar-refractivity contribution in [2.45, 2.75) is 91.0 Å². The third-order valence-electron chi connectivity index (χ3n) is 6.13. The molecule has 0 amide bonds. The first-order valence-corrected chi connectivity index (χ1v) is 14.5. The number of ether oxygens (including phenoxy) is 7. The first-order valence-electron chi connectivity index (χ1n) is 14.5. The van der Waals surface area contributed by atoms with Gasteiger partial charge in [-0.3, -0.25) is 4.79 Å². The molecule has 1 aromatic rings. The van der Waals surface area contributed by atoms with Gasteiger partial charge in [0.2, 0.25) is 0 Å². The maximum Gasteiger partial charge on any atom is 0.513 e. The van der Waals surface area contributed by atoms with Crippen LogP contribution in [0, 0.1) is 5.92 Å². The van der Waals surface area contributed by atoms with Gasteiger partial charge in [0.1, 0.15) is 5.54 Å². The molecule has 0 aromatic heterocycles. The van der Waals surface area contributed by atoms with Crippen molar-refractivity contribution >= 4 is 24.4 Å². The van der Waals surface area contributed by atoms with Crippen LogP contribution >= 0.6 is 0 Å². The van der Waals surface area contributed by atoms with Gasteiger partial charge in [-0.05, 0) is 42.9 Å². The van der Waals surface area contributed by atoms with Gasteiger partial charge >= 0.3 is 24.4 Å². The van der Waals surface area contributed by atoms with Crippen molar-refractivity contribution in [1.29, 1.82) is 0 Å². The molecule has 238 valence electrons. The van der Waals surface area contributed by atoms with E-state index in [-0.39, 0.29) is 50.8 Å². The first-order chi connectivity index (χ1) is 20.0. The summed E-state index contributed by atoms with van der Waals surface area (Å²) in [6.45, 7) is 8.40. The lowest BCUT2D eigenvalue weighted by Gasteiger charge is -2.26. The van der Waals surface area contributed by atoms with E-state index in [0.29, 0.717) is 30.7 Å². The van der Waals surface area contributed by atoms with Crippen LogP contribution in [0.3, 0.4) is 0 Å². The normalized spacial score (nSPS) is 12.2. The topological polar surface area (TPSA) is 159 Å². The maximum absolute atomic E-state index is 12.6. The Kier molecular flexibility index (Phi) is 17.7. The lowest BCUT2D eigenvalue weighted by molar-refractivity contribution is -0.147. The molecule has 0 fully saturated rings. The van der Waals surface area contributed by atoms with E-state index < -0.39 is 30.0 Å². The first kappa shape index (κ1) is 36.5. The minimum atomic E-state index is -1.61. The van der Waals surface area contributed by atoms with Gasteiger partial charge in [0.05, 0.1) is 33.5 Å². The standard InChI is InChI=1S/C30H47NO11/c1-6-8-10-16-37-28(34)41-24-13-12-23(20-25(24)42-29(35)38-17-11-9-7-2)21-30(31,26(32)36-5)15-19-40-27(33)39-18-14-22(3)4/h12-13,20,22H,6-11,14-19,21,31H2,1-5H3/t30-/m1/s1. The molecule has 0 aliphatic carbocycles. The van der Waals surface area contributed by atoms with Crippen LogP contribution in [0.4, 0.5) is 14.4 Å². The number of benzene rings is 1. The Morgan fingerprint density at radius 1 is 0.762 bits per heavy atom. The van der Waals surface area contributed by atoms with Crippen LogP contribution in [-0.4, -0.2) is 63.5 Å². The van der Waals surface area contributed by atoms with Gasteiger partial charge in [0, 0.05) is 12.8 Å². The van der Waals surface area contributed by atoms with E-state index in [1.54, 1.807) is 6.07 Å². The Labute approximate surface area is 248 Å². The predicted molar refractivity (Wildman–Crippen MR) is 153 cm³/mol. The monoisotopic (exact) mass is 597 g/mol. The number of nitrogens with two attached hydrogens (primary N) is 1. The van der Waals surface area contributed by atoms with E-state index >= 15 is 0 Å². The third kappa shape index (κ3) is 14.9. The Bertz CT molecular complexity index is 982. The van der Waals surface area contributed by atoms with E-state index in [2.05, 4.69) is 0 Å². The van der Waals surface area contributed by atoms with E-state index in [0.717, 1.165) is 25.7 Å². The highest BCUT2D eigenvalue weighted by Gasteiger charge is 2.36. The van der Waals surface area contributed by atoms with E-state index in [1.807, 2.05) is 27.7 Å². The van der Waals surface area contributed by atoms with Gasteiger partial charge in [-0.2, -0.15) is 0 Å². The highest BCUT2D eigenvalue weighted by molar-refractivity contribution is 5.81. The van der Waals surface area contributed by atoms with Crippen LogP contribution in [0.2, 0.25) is 0 Å². The number of methoxy groups -OCH3 is 1. The fourth-order valence-corrected chi connectivity index (χ4v) is 3.65. The molecule has 0 radical (unpaired) electrons. The summed E-state index contributed by atoms with van der Waals surface area (Å²) in [5.41, 5.74) is 5.25. The van der Waals surface area contributed by atoms with Crippen molar-refractivity contribution in [3.8, 4) is 11.5 Å². The summed E-state index contributed by atoms with van der Waals surface area (Å²) in [5, 5.41) is 0. The van der Waals surface area contributed by atoms with Crippen molar-refractivity contribution in [3.05, 3.63) is 23.8 Å². The van der Waals surface area contributed by atoms with Gasteiger partial charge in [-0.1, -0.05) is 59.4 Å². The van der Waals surface area contributed by atoms with E-state index in [4.69, 9.17) is 38.9 Å². The lowest BCUT2D eigenvalue weighted by Crippen LogP contribution is -2.51. The van der Waals surface area contributed by atoms with Crippen molar-refractivity contribution in [1.82, 2.24) is 0 Å². The van der Waals surface area contributed by atoms with Crippen molar-refractivity contribution in [2.24, 2.45) is 11.7 Å². The summed E-state index contributed by atoms with van der Waals surface area (Å²) in [5.74, 6) is -0.597. The largest absolute Gasteiger partial charge is 0.513 e. The number of hydrogen-bond donors (Lipinski definition) is 1. The SMILES string of the molecule is CCCCCOC(=O)Oc1ccc(C[C@](N)(CCOC(=O)OCCC(C)C)C(=O)OC)cc1OC(=O)OCCCCC. The summed E-state index contributed by atoms with van der Waals surface area (Å²) in [6, 6.07) is 4.34. The molecule has 0 bridgehead atoms. The van der Waals surface area contributed by atoms with Crippen molar-refractivity contribution < 1.29 is 52.3 Å². The van der Waals surface area contributed by atoms with Gasteiger partial charge in [-0.15, -0.1) is 0 Å². The Balaban J connectivity index is 3.03. The number of carbonyl (C=O) groups excluding carboxylic acids is 4. The molecule has 0 aliphatic rings. The quantitative estimate of drug-likeness (QED) is 0.0846. The number of hydrogen-bond acceptors (Lipinski definition) is 12. The number of esters is 1. The molecule has 12 nitrogen and oxygen atoms in total. The van der Waals surface area contributed by atoms with Gasteiger partial charge < -0.3 is 38.9 Å². The van der Waals surface area contributed by atoms with Crippen LogP contribution in [-0.2, 0) is 34.9 Å². The molecule has 12 heteroatoms. The Morgan fingerprint density at radius 2 is 1.31 bits per heavy atom. The lowest BCUT2D eigenvalue weighted by atomic mass is 9.88. The number of unbranched alkanes of at least 4 members (excludes halogenated alkanes) is 4. The van der Waals surface area contributed by atoms with Crippen molar-refractivity contribution in [3.63, 3.8) is 0 Å². The smallest absolute Gasteiger partial charge is 0.468 e. The summed E-state index contributed by atoms with van der Waals surface area (Å²) in [7, 11) is 1.19. The molecule has 42 heavy (non-hydrogen) atoms. The second-order valence-electron chi connectivity index (χ2n) is 10.3. The zero-order valence-corrected chi connectivity index (χ0v) is 25.6. The molecular weight excluding hydrogens is 550 g/mol. The maximum atomic E-state index is 12.6. The molecular formula is C30H47NO11. The Morgan fingerprint density at radius 3 is 1.86 bits per heavy atom. The molecule has 0 saturated carbocycles. The van der Waals surface area contributed by atoms with Crippen LogP contribution in [0.25, 0.3) is 0 Å². The molecule has 0 unspecified atom stereocenters. The summed E-state index contributed by atoms with van der Waals surface area (Å²) in [6.07, 6.45) is 2.74. The second-order valence-corrected chi connectivity index (χ2v) is 10.3. The van der Waals surface area contributed by atoms with Crippen LogP contribution in [0.15, 0.2) is 18.2 Å². The molecule has 1 rings (SSSR count).